The second kappa shape index (κ2) is 11.5. The summed E-state index contributed by atoms with van der Waals surface area (Å²) in [5.41, 5.74) is 1.06. The van der Waals surface area contributed by atoms with Gasteiger partial charge in [0.15, 0.2) is 0 Å². The topological polar surface area (TPSA) is 43.1 Å². The van der Waals surface area contributed by atoms with Crippen molar-refractivity contribution in [3.63, 3.8) is 0 Å². The first kappa shape index (κ1) is 21.0. The van der Waals surface area contributed by atoms with E-state index in [2.05, 4.69) is 30.6 Å². The van der Waals surface area contributed by atoms with Crippen molar-refractivity contribution in [2.24, 2.45) is 0 Å². The predicted molar refractivity (Wildman–Crippen MR) is 105 cm³/mol. The van der Waals surface area contributed by atoms with Gasteiger partial charge in [0.2, 0.25) is 0 Å². The first-order chi connectivity index (χ1) is 11.6. The average molecular weight is 436 g/mol. The van der Waals surface area contributed by atoms with Crippen LogP contribution in [0.3, 0.4) is 0 Å². The Morgan fingerprint density at radius 2 is 1.38 bits per heavy atom. The molecule has 1 aromatic rings. The third kappa shape index (κ3) is 7.25. The average Bonchev–Trinajstić information content (AvgIpc) is 2.61. The molecule has 3 nitrogen and oxygen atoms in total. The number of hydrogen-bond acceptors (Lipinski definition) is 2. The van der Waals surface area contributed by atoms with Gasteiger partial charge in [-0.3, -0.25) is 0 Å². The van der Waals surface area contributed by atoms with Gasteiger partial charge in [-0.1, -0.05) is 0 Å². The van der Waals surface area contributed by atoms with Crippen LogP contribution in [0.1, 0.15) is 64.9 Å². The van der Waals surface area contributed by atoms with Gasteiger partial charge in [0, 0.05) is 0 Å². The van der Waals surface area contributed by atoms with E-state index in [0.717, 1.165) is 5.56 Å². The second-order valence-electron chi connectivity index (χ2n) is 6.64. The fraction of sp³-hybridized carbons (Fsp3) is 0.600. The summed E-state index contributed by atoms with van der Waals surface area (Å²) in [7, 11) is 0. The minimum absolute atomic E-state index is 0.137. The number of nitro benzene ring substituents is 1. The molecule has 0 aromatic heterocycles. The van der Waals surface area contributed by atoms with Crippen LogP contribution in [0, 0.1) is 20.0 Å². The molecular formula is C20H31NO2Sn. The number of hydrogen-bond donors (Lipinski definition) is 0. The van der Waals surface area contributed by atoms with Crippen molar-refractivity contribution in [1.82, 2.24) is 0 Å². The molecule has 0 saturated carbocycles. The van der Waals surface area contributed by atoms with Crippen LogP contribution < -0.4 is 0 Å². The van der Waals surface area contributed by atoms with E-state index in [1.807, 2.05) is 0 Å². The van der Waals surface area contributed by atoms with Gasteiger partial charge in [-0.15, -0.1) is 0 Å². The van der Waals surface area contributed by atoms with Crippen molar-refractivity contribution < 1.29 is 4.92 Å². The monoisotopic (exact) mass is 437 g/mol. The summed E-state index contributed by atoms with van der Waals surface area (Å²) in [6.45, 7) is 6.79. The van der Waals surface area contributed by atoms with E-state index in [9.17, 15) is 10.1 Å². The Bertz CT molecular complexity index is 535. The third-order valence-electron chi connectivity index (χ3n) is 4.58. The number of unbranched alkanes of at least 4 members (excludes halogenated alkanes) is 3. The van der Waals surface area contributed by atoms with Gasteiger partial charge in [0.05, 0.1) is 0 Å². The van der Waals surface area contributed by atoms with E-state index in [-0.39, 0.29) is 10.6 Å². The summed E-state index contributed by atoms with van der Waals surface area (Å²) in [6.07, 6.45) is 7.65. The van der Waals surface area contributed by atoms with Gasteiger partial charge in [-0.05, 0) is 0 Å². The van der Waals surface area contributed by atoms with Gasteiger partial charge < -0.3 is 0 Å². The Hall–Kier alpha value is -1.02. The van der Waals surface area contributed by atoms with Crippen molar-refractivity contribution >= 4 is 24.1 Å². The zero-order chi connectivity index (χ0) is 17.8. The molecule has 0 aliphatic carbocycles. The summed E-state index contributed by atoms with van der Waals surface area (Å²) in [5.74, 6) is 3.40. The maximum atomic E-state index is 10.8. The summed E-state index contributed by atoms with van der Waals surface area (Å²) in [5, 5.41) is 10.8. The van der Waals surface area contributed by atoms with Crippen LogP contribution in [0.5, 0.6) is 0 Å². The summed E-state index contributed by atoms with van der Waals surface area (Å²) in [4.78, 5) is 10.4. The van der Waals surface area contributed by atoms with Crippen LogP contribution >= 0.6 is 0 Å². The molecular weight excluding hydrogens is 405 g/mol. The maximum absolute atomic E-state index is 10.8. The zero-order valence-electron chi connectivity index (χ0n) is 15.4. The molecule has 0 bridgehead atoms. The first-order valence-electron chi connectivity index (χ1n) is 9.34. The van der Waals surface area contributed by atoms with E-state index in [4.69, 9.17) is 0 Å². The van der Waals surface area contributed by atoms with E-state index in [1.165, 1.54) is 51.8 Å². The first-order valence-corrected chi connectivity index (χ1v) is 16.8. The molecule has 0 saturated heterocycles. The summed E-state index contributed by atoms with van der Waals surface area (Å²) in [6, 6.07) is 6.71. The van der Waals surface area contributed by atoms with Crippen LogP contribution in [0.4, 0.5) is 5.69 Å². The van der Waals surface area contributed by atoms with Crippen LogP contribution in [0.2, 0.25) is 13.3 Å². The number of nitro groups is 1. The molecule has 0 heterocycles. The van der Waals surface area contributed by atoms with Crippen molar-refractivity contribution in [3.05, 3.63) is 39.9 Å². The number of non-ortho nitro benzene ring substituents is 1. The molecule has 0 atom stereocenters. The van der Waals surface area contributed by atoms with Crippen LogP contribution in [-0.2, 0) is 0 Å². The van der Waals surface area contributed by atoms with Crippen LogP contribution in [0.15, 0.2) is 24.3 Å². The molecule has 0 spiro atoms. The van der Waals surface area contributed by atoms with E-state index in [1.54, 1.807) is 24.3 Å². The fourth-order valence-corrected chi connectivity index (χ4v) is 16.2. The van der Waals surface area contributed by atoms with Gasteiger partial charge in [0.25, 0.3) is 0 Å². The number of benzene rings is 1. The molecule has 24 heavy (non-hydrogen) atoms. The third-order valence-corrected chi connectivity index (χ3v) is 17.7. The summed E-state index contributed by atoms with van der Waals surface area (Å²) < 4.78 is 7.89. The van der Waals surface area contributed by atoms with Gasteiger partial charge in [-0.25, -0.2) is 0 Å². The zero-order valence-corrected chi connectivity index (χ0v) is 18.3. The molecule has 132 valence electrons. The minimum atomic E-state index is -2.43. The Morgan fingerprint density at radius 1 is 0.917 bits per heavy atom. The summed E-state index contributed by atoms with van der Waals surface area (Å²) >= 11 is -2.43. The normalized spacial score (nSPS) is 11.0. The Morgan fingerprint density at radius 3 is 1.75 bits per heavy atom. The van der Waals surface area contributed by atoms with Gasteiger partial charge >= 0.3 is 151 Å². The standard InChI is InChI=1S/C8H4NO2.3C4H9.Sn/c1-2-7-3-5-8(6-4-7)9(10)11;3*1-3-4-2;/h3-6H;3*1,3-4H2,2H3;. The van der Waals surface area contributed by atoms with Crippen LogP contribution in [0.25, 0.3) is 0 Å². The van der Waals surface area contributed by atoms with Crippen molar-refractivity contribution in [2.75, 3.05) is 0 Å². The van der Waals surface area contributed by atoms with E-state index in [0.29, 0.717) is 0 Å². The molecule has 0 unspecified atom stereocenters. The number of rotatable bonds is 10. The Balaban J connectivity index is 3.01. The SMILES string of the molecule is CCC[CH2][Sn]([C]#Cc1ccc([N+](=O)[O-])cc1)([CH2]CCC)[CH2]CCC. The molecule has 0 aliphatic heterocycles. The molecule has 0 amide bonds. The van der Waals surface area contributed by atoms with E-state index < -0.39 is 18.4 Å². The fourth-order valence-electron chi connectivity index (χ4n) is 2.98. The second-order valence-corrected chi connectivity index (χ2v) is 18.9. The molecule has 0 radical (unpaired) electrons. The predicted octanol–water partition coefficient (Wildman–Crippen LogP) is 6.33. The van der Waals surface area contributed by atoms with Crippen molar-refractivity contribution in [1.29, 1.82) is 0 Å². The van der Waals surface area contributed by atoms with Gasteiger partial charge in [0.1, 0.15) is 0 Å². The molecule has 0 fully saturated rings. The molecule has 0 aliphatic rings. The molecule has 1 rings (SSSR count). The van der Waals surface area contributed by atoms with Crippen molar-refractivity contribution in [2.45, 2.75) is 72.6 Å². The van der Waals surface area contributed by atoms with Gasteiger partial charge in [-0.2, -0.15) is 0 Å². The quantitative estimate of drug-likeness (QED) is 0.186. The van der Waals surface area contributed by atoms with Crippen molar-refractivity contribution in [3.8, 4) is 9.86 Å². The molecule has 0 N–H and O–H groups in total. The Labute approximate surface area is 151 Å². The Kier molecular flexibility index (Phi) is 10.1. The van der Waals surface area contributed by atoms with Crippen LogP contribution in [-0.4, -0.2) is 23.3 Å². The van der Waals surface area contributed by atoms with E-state index >= 15 is 0 Å². The molecule has 4 heteroatoms. The number of nitrogens with zero attached hydrogens (tertiary/aromatic N) is 1. The molecule has 1 aromatic carbocycles.